The summed E-state index contributed by atoms with van der Waals surface area (Å²) in [6.45, 7) is 6.39. The molecule has 0 fully saturated rings. The predicted molar refractivity (Wildman–Crippen MR) is 134 cm³/mol. The summed E-state index contributed by atoms with van der Waals surface area (Å²) in [5.74, 6) is -0.0133. The Morgan fingerprint density at radius 1 is 1.39 bits per heavy atom. The van der Waals surface area contributed by atoms with Crippen LogP contribution in [-0.4, -0.2) is 56.1 Å². The Hall–Kier alpha value is -1.79. The Balaban J connectivity index is 0.00000480. The van der Waals surface area contributed by atoms with Gasteiger partial charge in [-0.25, -0.2) is 14.2 Å². The number of rotatable bonds is 8. The molecule has 0 aliphatic rings. The van der Waals surface area contributed by atoms with Crippen molar-refractivity contribution in [2.45, 2.75) is 32.9 Å². The quantitative estimate of drug-likeness (QED) is 0.220. The van der Waals surface area contributed by atoms with Crippen LogP contribution in [0.15, 0.2) is 29.3 Å². The predicted octanol–water partition coefficient (Wildman–Crippen LogP) is 3.91. The number of halogens is 2. The number of nitrogens with zero attached hydrogens (tertiary/aromatic N) is 3. The second-order valence-corrected chi connectivity index (χ2v) is 8.07. The van der Waals surface area contributed by atoms with Gasteiger partial charge < -0.3 is 20.3 Å². The number of aryl methyl sites for hydroxylation is 1. The Morgan fingerprint density at radius 3 is 2.68 bits per heavy atom. The molecule has 0 bridgehead atoms. The number of esters is 1. The van der Waals surface area contributed by atoms with Crippen molar-refractivity contribution >= 4 is 47.2 Å². The number of benzene rings is 1. The molecular weight excluding hydrogens is 532 g/mol. The van der Waals surface area contributed by atoms with E-state index in [1.165, 1.54) is 17.4 Å². The van der Waals surface area contributed by atoms with E-state index in [2.05, 4.69) is 20.6 Å². The van der Waals surface area contributed by atoms with Crippen LogP contribution in [0, 0.1) is 12.7 Å². The van der Waals surface area contributed by atoms with Crippen LogP contribution < -0.4 is 10.6 Å². The summed E-state index contributed by atoms with van der Waals surface area (Å²) in [4.78, 5) is 23.4. The molecule has 2 N–H and O–H groups in total. The first-order valence-corrected chi connectivity index (χ1v) is 10.6. The van der Waals surface area contributed by atoms with Crippen molar-refractivity contribution in [3.63, 3.8) is 0 Å². The summed E-state index contributed by atoms with van der Waals surface area (Å²) < 4.78 is 18.7. The molecule has 0 saturated heterocycles. The van der Waals surface area contributed by atoms with Gasteiger partial charge in [0.1, 0.15) is 15.7 Å². The van der Waals surface area contributed by atoms with Crippen LogP contribution in [0.1, 0.15) is 51.9 Å². The average Bonchev–Trinajstić information content (AvgIpc) is 3.09. The largest absolute Gasteiger partial charge is 0.462 e. The molecule has 0 radical (unpaired) electrons. The number of carbonyl (C=O) groups excluding carboxylic acids is 1. The topological polar surface area (TPSA) is 78.8 Å². The van der Waals surface area contributed by atoms with Gasteiger partial charge in [-0.05, 0) is 52.6 Å². The maximum absolute atomic E-state index is 13.6. The number of aromatic nitrogens is 1. The van der Waals surface area contributed by atoms with Crippen molar-refractivity contribution in [1.82, 2.24) is 20.5 Å². The molecule has 2 aromatic rings. The summed E-state index contributed by atoms with van der Waals surface area (Å²) in [5, 5.41) is 7.36. The number of hydrogen-bond donors (Lipinski definition) is 2. The molecule has 0 aliphatic heterocycles. The fraction of sp³-hybridized carbons (Fsp3) is 0.476. The molecule has 2 atom stereocenters. The van der Waals surface area contributed by atoms with E-state index in [0.717, 1.165) is 10.6 Å². The third-order valence-electron chi connectivity index (χ3n) is 4.54. The second kappa shape index (κ2) is 12.9. The van der Waals surface area contributed by atoms with Gasteiger partial charge in [0.2, 0.25) is 0 Å². The van der Waals surface area contributed by atoms with E-state index in [4.69, 9.17) is 4.74 Å². The average molecular weight is 563 g/mol. The molecule has 0 amide bonds. The number of ether oxygens (including phenoxy) is 1. The maximum atomic E-state index is 13.6. The van der Waals surface area contributed by atoms with E-state index >= 15 is 0 Å². The highest BCUT2D eigenvalue weighted by Gasteiger charge is 2.21. The smallest absolute Gasteiger partial charge is 0.350 e. The molecule has 31 heavy (non-hydrogen) atoms. The van der Waals surface area contributed by atoms with Gasteiger partial charge in [0.05, 0.1) is 24.4 Å². The minimum atomic E-state index is -0.350. The van der Waals surface area contributed by atoms with Crippen molar-refractivity contribution in [2.75, 3.05) is 34.3 Å². The number of aliphatic imine (C=N–C) groups is 1. The molecule has 172 valence electrons. The molecular formula is C21H31FIN5O2S. The van der Waals surface area contributed by atoms with Gasteiger partial charge in [-0.2, -0.15) is 0 Å². The van der Waals surface area contributed by atoms with E-state index < -0.39 is 0 Å². The van der Waals surface area contributed by atoms with E-state index in [1.807, 2.05) is 32.0 Å². The van der Waals surface area contributed by atoms with Crippen molar-refractivity contribution in [3.8, 4) is 0 Å². The number of thiazole rings is 1. The zero-order valence-corrected chi connectivity index (χ0v) is 21.9. The van der Waals surface area contributed by atoms with Gasteiger partial charge in [-0.3, -0.25) is 4.99 Å². The summed E-state index contributed by atoms with van der Waals surface area (Å²) in [6.07, 6.45) is 0. The normalized spacial score (nSPS) is 13.4. The van der Waals surface area contributed by atoms with E-state index in [1.54, 1.807) is 33.0 Å². The Labute approximate surface area is 204 Å². The maximum Gasteiger partial charge on any atom is 0.350 e. The first-order chi connectivity index (χ1) is 14.3. The van der Waals surface area contributed by atoms with Crippen LogP contribution in [0.25, 0.3) is 0 Å². The minimum Gasteiger partial charge on any atom is -0.462 e. The van der Waals surface area contributed by atoms with Crippen LogP contribution in [0.5, 0.6) is 0 Å². The van der Waals surface area contributed by atoms with Gasteiger partial charge >= 0.3 is 5.97 Å². The highest BCUT2D eigenvalue weighted by atomic mass is 127. The first-order valence-electron chi connectivity index (χ1n) is 9.80. The molecule has 10 heteroatoms. The zero-order chi connectivity index (χ0) is 22.3. The first kappa shape index (κ1) is 27.2. The standard InChI is InChI=1S/C21H30FN5O2S.HI/c1-7-29-20(28)18-13(2)25-19(30-18)14(3)26-21(23-4)24-12-17(27(5)6)15-9-8-10-16(22)11-15;/h8-11,14,17H,7,12H2,1-6H3,(H2,23,24,26);1H. The third kappa shape index (κ3) is 7.69. The molecule has 0 spiro atoms. The van der Waals surface area contributed by atoms with Crippen LogP contribution in [0.4, 0.5) is 4.39 Å². The number of hydrogen-bond acceptors (Lipinski definition) is 6. The van der Waals surface area contributed by atoms with Gasteiger partial charge in [-0.15, -0.1) is 35.3 Å². The van der Waals surface area contributed by atoms with Crippen molar-refractivity contribution in [2.24, 2.45) is 4.99 Å². The molecule has 1 aromatic heterocycles. The number of nitrogens with one attached hydrogen (secondary N) is 2. The molecule has 2 unspecified atom stereocenters. The zero-order valence-electron chi connectivity index (χ0n) is 18.7. The molecule has 1 heterocycles. The van der Waals surface area contributed by atoms with Crippen molar-refractivity contribution in [1.29, 1.82) is 0 Å². The van der Waals surface area contributed by atoms with E-state index in [0.29, 0.717) is 29.7 Å². The molecule has 0 aliphatic carbocycles. The SMILES string of the molecule is CCOC(=O)c1sc(C(C)NC(=NC)NCC(c2cccc(F)c2)N(C)C)nc1C.I. The Morgan fingerprint density at radius 2 is 2.10 bits per heavy atom. The summed E-state index contributed by atoms with van der Waals surface area (Å²) >= 11 is 1.32. The Bertz CT molecular complexity index is 890. The molecule has 0 saturated carbocycles. The lowest BCUT2D eigenvalue weighted by Gasteiger charge is -2.26. The summed E-state index contributed by atoms with van der Waals surface area (Å²) in [7, 11) is 5.59. The van der Waals surface area contributed by atoms with Crippen molar-refractivity contribution < 1.29 is 13.9 Å². The lowest BCUT2D eigenvalue weighted by molar-refractivity contribution is 0.0531. The Kier molecular flexibility index (Phi) is 11.4. The number of likely N-dealkylation sites (N-methyl/N-ethyl adjacent to an activating group) is 1. The van der Waals surface area contributed by atoms with Crippen LogP contribution in [0.2, 0.25) is 0 Å². The highest BCUT2D eigenvalue weighted by Crippen LogP contribution is 2.24. The van der Waals surface area contributed by atoms with Crippen LogP contribution >= 0.6 is 35.3 Å². The molecule has 2 rings (SSSR count). The fourth-order valence-corrected chi connectivity index (χ4v) is 3.92. The highest BCUT2D eigenvalue weighted by molar-refractivity contribution is 14.0. The van der Waals surface area contributed by atoms with Gasteiger partial charge in [-0.1, -0.05) is 12.1 Å². The lowest BCUT2D eigenvalue weighted by Crippen LogP contribution is -2.42. The minimum absolute atomic E-state index is 0. The third-order valence-corrected chi connectivity index (χ3v) is 5.86. The summed E-state index contributed by atoms with van der Waals surface area (Å²) in [5.41, 5.74) is 1.54. The fourth-order valence-electron chi connectivity index (χ4n) is 2.96. The molecule has 1 aromatic carbocycles. The summed E-state index contributed by atoms with van der Waals surface area (Å²) in [6, 6.07) is 6.40. The van der Waals surface area contributed by atoms with E-state index in [-0.39, 0.29) is 47.8 Å². The van der Waals surface area contributed by atoms with Gasteiger partial charge in [0.25, 0.3) is 0 Å². The van der Waals surface area contributed by atoms with Crippen LogP contribution in [0.3, 0.4) is 0 Å². The monoisotopic (exact) mass is 563 g/mol. The molecule has 7 nitrogen and oxygen atoms in total. The van der Waals surface area contributed by atoms with Crippen LogP contribution in [-0.2, 0) is 4.74 Å². The number of carbonyl (C=O) groups is 1. The van der Waals surface area contributed by atoms with Gasteiger partial charge in [0.15, 0.2) is 5.96 Å². The lowest BCUT2D eigenvalue weighted by atomic mass is 10.1. The number of guanidine groups is 1. The van der Waals surface area contributed by atoms with Crippen molar-refractivity contribution in [3.05, 3.63) is 51.2 Å². The van der Waals surface area contributed by atoms with Gasteiger partial charge in [0, 0.05) is 13.6 Å². The van der Waals surface area contributed by atoms with E-state index in [9.17, 15) is 9.18 Å². The second-order valence-electron chi connectivity index (χ2n) is 7.04.